The van der Waals surface area contributed by atoms with Crippen LogP contribution in [0.25, 0.3) is 11.2 Å². The van der Waals surface area contributed by atoms with Gasteiger partial charge in [0.05, 0.1) is 24.6 Å². The second-order valence-electron chi connectivity index (χ2n) is 5.66. The Morgan fingerprint density at radius 3 is 3.04 bits per heavy atom. The Morgan fingerprint density at radius 1 is 1.29 bits per heavy atom. The van der Waals surface area contributed by atoms with Crippen molar-refractivity contribution < 1.29 is 0 Å². The van der Waals surface area contributed by atoms with Crippen molar-refractivity contribution in [2.75, 3.05) is 5.32 Å². The summed E-state index contributed by atoms with van der Waals surface area (Å²) in [6.07, 6.45) is 3.92. The average molecular weight is 322 g/mol. The molecule has 4 N–H and O–H groups in total. The number of aliphatic imine (C=N–C) groups is 1. The molecule has 0 saturated carbocycles. The maximum atomic E-state index is 6.23. The van der Waals surface area contributed by atoms with E-state index in [2.05, 4.69) is 32.2 Å². The Balaban J connectivity index is 1.69. The molecule has 0 spiro atoms. The van der Waals surface area contributed by atoms with Crippen LogP contribution in [0.15, 0.2) is 41.9 Å². The van der Waals surface area contributed by atoms with E-state index in [1.807, 2.05) is 24.3 Å². The van der Waals surface area contributed by atoms with Crippen molar-refractivity contribution in [3.63, 3.8) is 0 Å². The number of nitrogens with two attached hydrogens (primary N) is 1. The fourth-order valence-electron chi connectivity index (χ4n) is 2.87. The molecule has 24 heavy (non-hydrogen) atoms. The van der Waals surface area contributed by atoms with Crippen LogP contribution < -0.4 is 11.2 Å². The molecular weight excluding hydrogens is 304 g/mol. The third kappa shape index (κ3) is 2.46. The molecule has 0 bridgehead atoms. The average Bonchev–Trinajstić information content (AvgIpc) is 3.09. The minimum Gasteiger partial charge on any atom is -0.358 e. The van der Waals surface area contributed by atoms with Gasteiger partial charge in [0.15, 0.2) is 11.5 Å². The predicted octanol–water partition coefficient (Wildman–Crippen LogP) is 1.96. The van der Waals surface area contributed by atoms with Gasteiger partial charge in [0.1, 0.15) is 17.7 Å². The van der Waals surface area contributed by atoms with E-state index in [0.717, 1.165) is 29.0 Å². The van der Waals surface area contributed by atoms with E-state index < -0.39 is 0 Å². The van der Waals surface area contributed by atoms with Crippen molar-refractivity contribution >= 4 is 28.5 Å². The van der Waals surface area contributed by atoms with E-state index in [4.69, 9.17) is 10.8 Å². The molecule has 0 fully saturated rings. The fourth-order valence-corrected chi connectivity index (χ4v) is 2.87. The number of amidine groups is 1. The maximum absolute atomic E-state index is 6.23. The van der Waals surface area contributed by atoms with Crippen LogP contribution in [0.5, 0.6) is 0 Å². The van der Waals surface area contributed by atoms with Crippen molar-refractivity contribution in [3.05, 3.63) is 42.5 Å². The van der Waals surface area contributed by atoms with Crippen LogP contribution >= 0.6 is 0 Å². The monoisotopic (exact) mass is 322 g/mol. The van der Waals surface area contributed by atoms with Gasteiger partial charge in [0.25, 0.3) is 0 Å². The number of para-hydroxylation sites is 1. The molecule has 4 rings (SSSR count). The summed E-state index contributed by atoms with van der Waals surface area (Å²) in [5, 5.41) is 5.10. The van der Waals surface area contributed by atoms with Gasteiger partial charge in [0.2, 0.25) is 0 Å². The van der Waals surface area contributed by atoms with Crippen LogP contribution in [0.1, 0.15) is 18.9 Å². The lowest BCUT2D eigenvalue weighted by atomic mass is 10.1. The second-order valence-corrected chi connectivity index (χ2v) is 5.66. The second kappa shape index (κ2) is 5.89. The number of hydrogen-bond acceptors (Lipinski definition) is 7. The van der Waals surface area contributed by atoms with Crippen molar-refractivity contribution in [2.45, 2.75) is 25.9 Å². The number of imidazole rings is 1. The van der Waals surface area contributed by atoms with E-state index in [9.17, 15) is 0 Å². The number of aromatic nitrogens is 4. The highest BCUT2D eigenvalue weighted by Gasteiger charge is 2.24. The smallest absolute Gasteiger partial charge is 0.182 e. The molecule has 0 saturated heterocycles. The molecule has 0 radical (unpaired) electrons. The molecule has 0 amide bonds. The number of aromatic amines is 1. The molecule has 1 atom stereocenters. The zero-order valence-corrected chi connectivity index (χ0v) is 13.3. The molecule has 1 aromatic carbocycles. The molecule has 8 heteroatoms. The molecule has 122 valence electrons. The first kappa shape index (κ1) is 14.6. The zero-order chi connectivity index (χ0) is 16.5. The molecule has 8 nitrogen and oxygen atoms in total. The first-order valence-corrected chi connectivity index (χ1v) is 7.85. The molecule has 1 aliphatic rings. The number of fused-ring (bicyclic) bond motifs is 2. The van der Waals surface area contributed by atoms with E-state index in [1.54, 1.807) is 11.3 Å². The first-order valence-electron chi connectivity index (χ1n) is 7.85. The summed E-state index contributed by atoms with van der Waals surface area (Å²) in [5.41, 5.74) is 3.49. The Hall–Kier alpha value is -3.00. The van der Waals surface area contributed by atoms with Crippen molar-refractivity contribution in [1.29, 1.82) is 0 Å². The van der Waals surface area contributed by atoms with Crippen molar-refractivity contribution in [1.82, 2.24) is 24.9 Å². The van der Waals surface area contributed by atoms with Crippen LogP contribution in [0.2, 0.25) is 0 Å². The largest absolute Gasteiger partial charge is 0.358 e. The summed E-state index contributed by atoms with van der Waals surface area (Å²) in [5.74, 6) is 7.71. The fraction of sp³-hybridized carbons (Fsp3) is 0.250. The number of anilines is 1. The van der Waals surface area contributed by atoms with Gasteiger partial charge in [-0.2, -0.15) is 0 Å². The Labute approximate surface area is 138 Å². The maximum Gasteiger partial charge on any atom is 0.182 e. The molecule has 1 aliphatic heterocycles. The highest BCUT2D eigenvalue weighted by molar-refractivity contribution is 5.94. The van der Waals surface area contributed by atoms with Crippen molar-refractivity contribution in [2.24, 2.45) is 10.8 Å². The molecule has 0 aliphatic carbocycles. The number of hydrazine groups is 1. The lowest BCUT2D eigenvalue weighted by Gasteiger charge is -2.31. The normalized spacial score (nSPS) is 15.1. The predicted molar refractivity (Wildman–Crippen MR) is 92.7 cm³/mol. The van der Waals surface area contributed by atoms with Gasteiger partial charge in [-0.25, -0.2) is 25.8 Å². The summed E-state index contributed by atoms with van der Waals surface area (Å²) < 4.78 is 0. The number of hydrogen-bond donors (Lipinski definition) is 3. The van der Waals surface area contributed by atoms with E-state index in [1.165, 1.54) is 6.33 Å². The SMILES string of the molecule is CCC(Nc1ncnc2nc[nH]c12)C1=Nc2ccccc2CN1N. The Morgan fingerprint density at radius 2 is 2.17 bits per heavy atom. The van der Waals surface area contributed by atoms with Crippen LogP contribution in [0.3, 0.4) is 0 Å². The van der Waals surface area contributed by atoms with Crippen LogP contribution in [0.4, 0.5) is 11.5 Å². The van der Waals surface area contributed by atoms with E-state index >= 15 is 0 Å². The van der Waals surface area contributed by atoms with Gasteiger partial charge < -0.3 is 10.3 Å². The summed E-state index contributed by atoms with van der Waals surface area (Å²) in [6, 6.07) is 7.97. The van der Waals surface area contributed by atoms with E-state index in [0.29, 0.717) is 18.0 Å². The first-order chi connectivity index (χ1) is 11.8. The number of H-pyrrole nitrogens is 1. The lowest BCUT2D eigenvalue weighted by molar-refractivity contribution is 0.412. The lowest BCUT2D eigenvalue weighted by Crippen LogP contribution is -2.47. The van der Waals surface area contributed by atoms with Gasteiger partial charge in [-0.15, -0.1) is 0 Å². The molecule has 3 aromatic rings. The Bertz CT molecular complexity index is 900. The number of nitrogens with one attached hydrogen (secondary N) is 2. The van der Waals surface area contributed by atoms with Gasteiger partial charge in [-0.3, -0.25) is 5.01 Å². The van der Waals surface area contributed by atoms with Crippen LogP contribution in [-0.2, 0) is 6.54 Å². The molecule has 3 heterocycles. The van der Waals surface area contributed by atoms with Gasteiger partial charge >= 0.3 is 0 Å². The zero-order valence-electron chi connectivity index (χ0n) is 13.3. The van der Waals surface area contributed by atoms with E-state index in [-0.39, 0.29) is 6.04 Å². The third-order valence-corrected chi connectivity index (χ3v) is 4.12. The number of rotatable bonds is 4. The van der Waals surface area contributed by atoms with Gasteiger partial charge in [0, 0.05) is 0 Å². The number of benzene rings is 1. The minimum absolute atomic E-state index is 0.0650. The van der Waals surface area contributed by atoms with Crippen LogP contribution in [0, 0.1) is 0 Å². The van der Waals surface area contributed by atoms with Crippen molar-refractivity contribution in [3.8, 4) is 0 Å². The summed E-state index contributed by atoms with van der Waals surface area (Å²) in [4.78, 5) is 20.4. The van der Waals surface area contributed by atoms with Gasteiger partial charge in [-0.05, 0) is 18.1 Å². The van der Waals surface area contributed by atoms with Gasteiger partial charge in [-0.1, -0.05) is 25.1 Å². The number of nitrogens with zero attached hydrogens (tertiary/aromatic N) is 5. The summed E-state index contributed by atoms with van der Waals surface area (Å²) in [6.45, 7) is 2.72. The highest BCUT2D eigenvalue weighted by Crippen LogP contribution is 2.26. The third-order valence-electron chi connectivity index (χ3n) is 4.12. The highest BCUT2D eigenvalue weighted by atomic mass is 15.4. The quantitative estimate of drug-likeness (QED) is 0.634. The standard InChI is InChI=1S/C16H18N8/c1-2-11(22-15-13-14(19-8-18-13)20-9-21-15)16-23-12-6-4-3-5-10(12)7-24(16)17/h3-6,8-9,11H,2,7,17H2,1H3,(H2,18,19,20,21,22). The summed E-state index contributed by atoms with van der Waals surface area (Å²) >= 11 is 0. The topological polar surface area (TPSA) is 108 Å². The minimum atomic E-state index is -0.0650. The molecule has 2 aromatic heterocycles. The Kier molecular flexibility index (Phi) is 3.58. The molecular formula is C16H18N8. The molecule has 1 unspecified atom stereocenters. The summed E-state index contributed by atoms with van der Waals surface area (Å²) in [7, 11) is 0. The van der Waals surface area contributed by atoms with Crippen LogP contribution in [-0.4, -0.2) is 36.8 Å².